The van der Waals surface area contributed by atoms with Crippen molar-refractivity contribution < 1.29 is 28.6 Å². The van der Waals surface area contributed by atoms with Gasteiger partial charge >= 0.3 is 17.9 Å². The minimum Gasteiger partial charge on any atom is -0.466 e. The monoisotopic (exact) mass is 344 g/mol. The minimum absolute atomic E-state index is 0.217. The third kappa shape index (κ3) is 7.32. The van der Waals surface area contributed by atoms with Crippen LogP contribution in [-0.4, -0.2) is 37.7 Å². The lowest BCUT2D eigenvalue weighted by molar-refractivity contribution is -0.173. The Morgan fingerprint density at radius 3 is 1.67 bits per heavy atom. The topological polar surface area (TPSA) is 78.9 Å². The molecule has 0 aliphatic rings. The number of esters is 3. The van der Waals surface area contributed by atoms with Crippen molar-refractivity contribution in [3.05, 3.63) is 0 Å². The molecule has 0 aliphatic heterocycles. The first-order valence-corrected chi connectivity index (χ1v) is 8.98. The van der Waals surface area contributed by atoms with Crippen LogP contribution in [0.4, 0.5) is 0 Å². The van der Waals surface area contributed by atoms with Gasteiger partial charge in [0.25, 0.3) is 0 Å². The molecule has 0 atom stereocenters. The molecule has 0 saturated heterocycles. The van der Waals surface area contributed by atoms with Crippen LogP contribution in [0.5, 0.6) is 0 Å². The number of unbranched alkanes of at least 4 members (excludes halogenated alkanes) is 2. The fraction of sp³-hybridized carbons (Fsp3) is 0.833. The highest BCUT2D eigenvalue weighted by molar-refractivity contribution is 6.00. The van der Waals surface area contributed by atoms with E-state index in [2.05, 4.69) is 0 Å². The van der Waals surface area contributed by atoms with Crippen LogP contribution in [0.1, 0.15) is 72.6 Å². The average Bonchev–Trinajstić information content (AvgIpc) is 2.55. The molecule has 6 heteroatoms. The van der Waals surface area contributed by atoms with Gasteiger partial charge in [-0.1, -0.05) is 26.2 Å². The molecule has 0 heterocycles. The van der Waals surface area contributed by atoms with Crippen LogP contribution < -0.4 is 0 Å². The molecule has 0 fully saturated rings. The predicted molar refractivity (Wildman–Crippen MR) is 90.3 cm³/mol. The zero-order valence-electron chi connectivity index (χ0n) is 15.5. The van der Waals surface area contributed by atoms with Gasteiger partial charge in [-0.05, 0) is 40.0 Å². The first-order valence-electron chi connectivity index (χ1n) is 8.98. The van der Waals surface area contributed by atoms with Gasteiger partial charge in [-0.3, -0.25) is 14.4 Å². The third-order valence-corrected chi connectivity index (χ3v) is 3.83. The molecule has 0 bridgehead atoms. The maximum Gasteiger partial charge on any atom is 0.323 e. The van der Waals surface area contributed by atoms with Crippen molar-refractivity contribution in [2.24, 2.45) is 5.41 Å². The maximum absolute atomic E-state index is 12.5. The largest absolute Gasteiger partial charge is 0.466 e. The van der Waals surface area contributed by atoms with Gasteiger partial charge in [0.1, 0.15) is 0 Å². The lowest BCUT2D eigenvalue weighted by Crippen LogP contribution is -2.42. The van der Waals surface area contributed by atoms with Gasteiger partial charge in [-0.25, -0.2) is 0 Å². The van der Waals surface area contributed by atoms with E-state index in [-0.39, 0.29) is 25.6 Å². The third-order valence-electron chi connectivity index (χ3n) is 3.83. The van der Waals surface area contributed by atoms with Crippen LogP contribution in [0.3, 0.4) is 0 Å². The summed E-state index contributed by atoms with van der Waals surface area (Å²) in [5.41, 5.74) is -1.27. The second kappa shape index (κ2) is 12.8. The molecule has 0 amide bonds. The molecule has 0 spiro atoms. The summed E-state index contributed by atoms with van der Waals surface area (Å²) in [4.78, 5) is 36.4. The van der Waals surface area contributed by atoms with Gasteiger partial charge in [0.05, 0.1) is 19.8 Å². The summed E-state index contributed by atoms with van der Waals surface area (Å²) in [5.74, 6) is -1.30. The average molecular weight is 344 g/mol. The molecular formula is C18H32O6. The summed E-state index contributed by atoms with van der Waals surface area (Å²) in [6.07, 6.45) is 3.72. The molecule has 0 rings (SSSR count). The normalized spacial score (nSPS) is 11.0. The van der Waals surface area contributed by atoms with Gasteiger partial charge in [0, 0.05) is 6.42 Å². The van der Waals surface area contributed by atoms with Crippen LogP contribution in [0, 0.1) is 5.41 Å². The van der Waals surface area contributed by atoms with Crippen molar-refractivity contribution in [2.75, 3.05) is 19.8 Å². The van der Waals surface area contributed by atoms with Gasteiger partial charge in [-0.2, -0.15) is 0 Å². The van der Waals surface area contributed by atoms with E-state index in [0.717, 1.165) is 12.8 Å². The van der Waals surface area contributed by atoms with E-state index in [1.54, 1.807) is 20.8 Å². The van der Waals surface area contributed by atoms with E-state index in [4.69, 9.17) is 14.2 Å². The Labute approximate surface area is 145 Å². The Morgan fingerprint density at radius 1 is 0.708 bits per heavy atom. The summed E-state index contributed by atoms with van der Waals surface area (Å²) in [6.45, 7) is 7.98. The SMILES string of the molecule is CCCCC(CCCCC(=O)OCC)(C(=O)OCC)C(=O)OCC. The van der Waals surface area contributed by atoms with Gasteiger partial charge < -0.3 is 14.2 Å². The van der Waals surface area contributed by atoms with Gasteiger partial charge in [-0.15, -0.1) is 0 Å². The number of carbonyl (C=O) groups is 3. The highest BCUT2D eigenvalue weighted by Crippen LogP contribution is 2.35. The van der Waals surface area contributed by atoms with Crippen LogP contribution in [0.25, 0.3) is 0 Å². The Kier molecular flexibility index (Phi) is 11.9. The van der Waals surface area contributed by atoms with E-state index in [0.29, 0.717) is 32.3 Å². The Bertz CT molecular complexity index is 373. The minimum atomic E-state index is -1.27. The second-order valence-electron chi connectivity index (χ2n) is 5.64. The van der Waals surface area contributed by atoms with E-state index < -0.39 is 17.4 Å². The van der Waals surface area contributed by atoms with E-state index in [1.807, 2.05) is 6.92 Å². The molecule has 0 saturated carbocycles. The van der Waals surface area contributed by atoms with Crippen LogP contribution in [0.2, 0.25) is 0 Å². The van der Waals surface area contributed by atoms with Gasteiger partial charge in [0.2, 0.25) is 0 Å². The Morgan fingerprint density at radius 2 is 1.21 bits per heavy atom. The lowest BCUT2D eigenvalue weighted by Gasteiger charge is -2.29. The van der Waals surface area contributed by atoms with Crippen LogP contribution in [-0.2, 0) is 28.6 Å². The second-order valence-corrected chi connectivity index (χ2v) is 5.64. The van der Waals surface area contributed by atoms with E-state index in [9.17, 15) is 14.4 Å². The molecule has 0 unspecified atom stereocenters. The van der Waals surface area contributed by atoms with Crippen molar-refractivity contribution in [2.45, 2.75) is 72.6 Å². The summed E-state index contributed by atoms with van der Waals surface area (Å²) >= 11 is 0. The molecule has 140 valence electrons. The van der Waals surface area contributed by atoms with Gasteiger partial charge in [0.15, 0.2) is 5.41 Å². The fourth-order valence-electron chi connectivity index (χ4n) is 2.56. The first-order chi connectivity index (χ1) is 11.5. The molecule has 0 aromatic heterocycles. The molecule has 0 aromatic carbocycles. The molecule has 24 heavy (non-hydrogen) atoms. The van der Waals surface area contributed by atoms with Crippen LogP contribution in [0.15, 0.2) is 0 Å². The van der Waals surface area contributed by atoms with Crippen molar-refractivity contribution >= 4 is 17.9 Å². The highest BCUT2D eigenvalue weighted by Gasteiger charge is 2.47. The number of hydrogen-bond donors (Lipinski definition) is 0. The summed E-state index contributed by atoms with van der Waals surface area (Å²) in [5, 5.41) is 0. The summed E-state index contributed by atoms with van der Waals surface area (Å²) < 4.78 is 15.2. The molecule has 0 radical (unpaired) electrons. The van der Waals surface area contributed by atoms with Crippen molar-refractivity contribution in [3.63, 3.8) is 0 Å². The van der Waals surface area contributed by atoms with Crippen molar-refractivity contribution in [3.8, 4) is 0 Å². The van der Waals surface area contributed by atoms with Crippen molar-refractivity contribution in [1.82, 2.24) is 0 Å². The lowest BCUT2D eigenvalue weighted by atomic mass is 9.78. The summed E-state index contributed by atoms with van der Waals surface area (Å²) in [7, 11) is 0. The molecule has 0 aromatic rings. The van der Waals surface area contributed by atoms with Crippen molar-refractivity contribution in [1.29, 1.82) is 0 Å². The number of hydrogen-bond acceptors (Lipinski definition) is 6. The van der Waals surface area contributed by atoms with Crippen LogP contribution >= 0.6 is 0 Å². The first kappa shape index (κ1) is 22.4. The maximum atomic E-state index is 12.5. The molecular weight excluding hydrogens is 312 g/mol. The predicted octanol–water partition coefficient (Wildman–Crippen LogP) is 3.41. The van der Waals surface area contributed by atoms with E-state index >= 15 is 0 Å². The Hall–Kier alpha value is -1.59. The number of rotatable bonds is 13. The number of carbonyl (C=O) groups excluding carboxylic acids is 3. The standard InChI is InChI=1S/C18H32O6/c1-5-9-13-18(16(20)23-7-3,17(21)24-8-4)14-11-10-12-15(19)22-6-2/h5-14H2,1-4H3. The zero-order chi connectivity index (χ0) is 18.4. The smallest absolute Gasteiger partial charge is 0.323 e. The zero-order valence-corrected chi connectivity index (χ0v) is 15.5. The quantitative estimate of drug-likeness (QED) is 0.220. The van der Waals surface area contributed by atoms with E-state index in [1.165, 1.54) is 0 Å². The fourth-order valence-corrected chi connectivity index (χ4v) is 2.56. The molecule has 6 nitrogen and oxygen atoms in total. The molecule has 0 N–H and O–H groups in total. The summed E-state index contributed by atoms with van der Waals surface area (Å²) in [6, 6.07) is 0. The highest BCUT2D eigenvalue weighted by atomic mass is 16.6. The molecule has 0 aliphatic carbocycles. The Balaban J connectivity index is 5.00. The number of ether oxygens (including phenoxy) is 3.